The van der Waals surface area contributed by atoms with Gasteiger partial charge in [0.2, 0.25) is 5.91 Å². The second kappa shape index (κ2) is 5.85. The molecule has 0 atom stereocenters. The average molecular weight is 287 g/mol. The monoisotopic (exact) mass is 287 g/mol. The first-order chi connectivity index (χ1) is 10.2. The molecule has 0 radical (unpaired) electrons. The minimum absolute atomic E-state index is 0.0178. The van der Waals surface area contributed by atoms with Gasteiger partial charge < -0.3 is 14.8 Å². The molecule has 112 valence electrons. The van der Waals surface area contributed by atoms with Gasteiger partial charge >= 0.3 is 0 Å². The number of nitrogens with one attached hydrogen (secondary N) is 1. The van der Waals surface area contributed by atoms with Crippen molar-refractivity contribution in [3.63, 3.8) is 0 Å². The van der Waals surface area contributed by atoms with E-state index in [1.165, 1.54) is 6.42 Å². The predicted octanol–water partition coefficient (Wildman–Crippen LogP) is 1.69. The van der Waals surface area contributed by atoms with E-state index in [9.17, 15) is 9.90 Å². The van der Waals surface area contributed by atoms with Crippen molar-refractivity contribution in [2.45, 2.75) is 44.1 Å². The Bertz CT molecular complexity index is 596. The van der Waals surface area contributed by atoms with E-state index < -0.39 is 5.54 Å². The zero-order valence-corrected chi connectivity index (χ0v) is 12.1. The first-order valence-corrected chi connectivity index (χ1v) is 7.55. The largest absolute Gasteiger partial charge is 0.394 e. The molecule has 5 heteroatoms. The van der Waals surface area contributed by atoms with Crippen LogP contribution < -0.4 is 5.32 Å². The number of fused-ring (bicyclic) bond motifs is 1. The first kappa shape index (κ1) is 14.1. The number of imidazole rings is 1. The summed E-state index contributed by atoms with van der Waals surface area (Å²) in [6, 6.07) is 5.77. The number of pyridine rings is 1. The molecule has 1 saturated carbocycles. The highest BCUT2D eigenvalue weighted by Gasteiger charge is 2.32. The van der Waals surface area contributed by atoms with Crippen LogP contribution in [-0.2, 0) is 11.2 Å². The number of aliphatic hydroxyl groups excluding tert-OH is 1. The molecule has 0 unspecified atom stereocenters. The van der Waals surface area contributed by atoms with E-state index in [4.69, 9.17) is 0 Å². The average Bonchev–Trinajstić information content (AvgIpc) is 2.90. The lowest BCUT2D eigenvalue weighted by molar-refractivity contribution is -0.123. The minimum Gasteiger partial charge on any atom is -0.394 e. The lowest BCUT2D eigenvalue weighted by atomic mass is 9.82. The van der Waals surface area contributed by atoms with Crippen molar-refractivity contribution < 1.29 is 9.90 Å². The number of carbonyl (C=O) groups excluding carboxylic acids is 1. The summed E-state index contributed by atoms with van der Waals surface area (Å²) < 4.78 is 1.91. The fraction of sp³-hybridized carbons (Fsp3) is 0.500. The van der Waals surface area contributed by atoms with E-state index in [0.29, 0.717) is 0 Å². The van der Waals surface area contributed by atoms with E-state index >= 15 is 0 Å². The summed E-state index contributed by atoms with van der Waals surface area (Å²) in [4.78, 5) is 16.7. The molecule has 0 aliphatic heterocycles. The molecule has 1 aliphatic rings. The summed E-state index contributed by atoms with van der Waals surface area (Å²) in [6.07, 6.45) is 9.08. The third-order valence-electron chi connectivity index (χ3n) is 4.27. The number of amides is 1. The summed E-state index contributed by atoms with van der Waals surface area (Å²) in [7, 11) is 0. The Balaban J connectivity index is 1.68. The van der Waals surface area contributed by atoms with E-state index in [1.54, 1.807) is 0 Å². The molecule has 5 nitrogen and oxygen atoms in total. The predicted molar refractivity (Wildman–Crippen MR) is 79.9 cm³/mol. The molecular formula is C16H21N3O2. The first-order valence-electron chi connectivity index (χ1n) is 7.55. The molecule has 0 aromatic carbocycles. The molecule has 1 fully saturated rings. The van der Waals surface area contributed by atoms with Gasteiger partial charge in [0.25, 0.3) is 0 Å². The second-order valence-electron chi connectivity index (χ2n) is 5.92. The maximum absolute atomic E-state index is 12.3. The number of hydrogen-bond donors (Lipinski definition) is 2. The zero-order valence-electron chi connectivity index (χ0n) is 12.1. The van der Waals surface area contributed by atoms with Crippen molar-refractivity contribution in [1.82, 2.24) is 14.7 Å². The van der Waals surface area contributed by atoms with Gasteiger partial charge in [-0.05, 0) is 25.0 Å². The van der Waals surface area contributed by atoms with Gasteiger partial charge in [-0.2, -0.15) is 0 Å². The molecule has 3 rings (SSSR count). The molecule has 0 saturated heterocycles. The normalized spacial score (nSPS) is 17.8. The Morgan fingerprint density at radius 2 is 2.14 bits per heavy atom. The van der Waals surface area contributed by atoms with E-state index in [1.807, 2.05) is 35.0 Å². The molecule has 1 amide bonds. The van der Waals surface area contributed by atoms with Gasteiger partial charge in [0, 0.05) is 12.4 Å². The van der Waals surface area contributed by atoms with Gasteiger partial charge in [0.15, 0.2) is 0 Å². The smallest absolute Gasteiger partial charge is 0.226 e. The maximum Gasteiger partial charge on any atom is 0.226 e. The van der Waals surface area contributed by atoms with Gasteiger partial charge in [0.05, 0.1) is 24.3 Å². The van der Waals surface area contributed by atoms with Gasteiger partial charge in [-0.25, -0.2) is 4.98 Å². The van der Waals surface area contributed by atoms with Gasteiger partial charge in [-0.15, -0.1) is 0 Å². The van der Waals surface area contributed by atoms with Crippen molar-refractivity contribution in [2.75, 3.05) is 6.61 Å². The molecule has 1 aliphatic carbocycles. The molecular weight excluding hydrogens is 266 g/mol. The van der Waals surface area contributed by atoms with Crippen LogP contribution in [0.25, 0.3) is 5.65 Å². The highest BCUT2D eigenvalue weighted by molar-refractivity contribution is 5.79. The number of aliphatic hydroxyl groups is 1. The Kier molecular flexibility index (Phi) is 3.92. The number of nitrogens with zero attached hydrogens (tertiary/aromatic N) is 2. The quantitative estimate of drug-likeness (QED) is 0.899. The fourth-order valence-corrected chi connectivity index (χ4v) is 3.13. The van der Waals surface area contributed by atoms with Crippen LogP contribution in [0.3, 0.4) is 0 Å². The SMILES string of the molecule is O=C(Cc1cn2ccccc2n1)NC1(CO)CCCCC1. The second-order valence-corrected chi connectivity index (χ2v) is 5.92. The summed E-state index contributed by atoms with van der Waals surface area (Å²) in [5, 5.41) is 12.7. The molecule has 2 aromatic rings. The number of aromatic nitrogens is 2. The van der Waals surface area contributed by atoms with E-state index in [0.717, 1.165) is 37.0 Å². The molecule has 0 bridgehead atoms. The van der Waals surface area contributed by atoms with Crippen LogP contribution >= 0.6 is 0 Å². The summed E-state index contributed by atoms with van der Waals surface area (Å²) in [5.41, 5.74) is 1.17. The zero-order chi connectivity index (χ0) is 14.7. The van der Waals surface area contributed by atoms with Crippen molar-refractivity contribution >= 4 is 11.6 Å². The van der Waals surface area contributed by atoms with Gasteiger partial charge in [-0.1, -0.05) is 25.3 Å². The molecule has 2 aromatic heterocycles. The standard InChI is InChI=1S/C16H21N3O2/c20-12-16(7-3-1-4-8-16)18-15(21)10-13-11-19-9-5-2-6-14(19)17-13/h2,5-6,9,11,20H,1,3-4,7-8,10,12H2,(H,18,21). The third kappa shape index (κ3) is 3.08. The lowest BCUT2D eigenvalue weighted by Gasteiger charge is -2.36. The van der Waals surface area contributed by atoms with Crippen LogP contribution in [0.15, 0.2) is 30.6 Å². The van der Waals surface area contributed by atoms with E-state index in [2.05, 4.69) is 10.3 Å². The topological polar surface area (TPSA) is 66.6 Å². The molecule has 2 N–H and O–H groups in total. The molecule has 21 heavy (non-hydrogen) atoms. The summed E-state index contributed by atoms with van der Waals surface area (Å²) >= 11 is 0. The maximum atomic E-state index is 12.3. The summed E-state index contributed by atoms with van der Waals surface area (Å²) in [6.45, 7) is 0.0178. The number of rotatable bonds is 4. The van der Waals surface area contributed by atoms with Crippen LogP contribution in [0.4, 0.5) is 0 Å². The third-order valence-corrected chi connectivity index (χ3v) is 4.27. The lowest BCUT2D eigenvalue weighted by Crippen LogP contribution is -2.53. The number of hydrogen-bond acceptors (Lipinski definition) is 3. The van der Waals surface area contributed by atoms with Crippen LogP contribution in [0.1, 0.15) is 37.8 Å². The van der Waals surface area contributed by atoms with Crippen LogP contribution in [-0.4, -0.2) is 32.5 Å². The minimum atomic E-state index is -0.422. The van der Waals surface area contributed by atoms with E-state index in [-0.39, 0.29) is 18.9 Å². The van der Waals surface area contributed by atoms with Crippen molar-refractivity contribution in [3.8, 4) is 0 Å². The highest BCUT2D eigenvalue weighted by Crippen LogP contribution is 2.27. The highest BCUT2D eigenvalue weighted by atomic mass is 16.3. The fourth-order valence-electron chi connectivity index (χ4n) is 3.13. The van der Waals surface area contributed by atoms with Crippen molar-refractivity contribution in [3.05, 3.63) is 36.3 Å². The Labute approximate surface area is 124 Å². The number of carbonyl (C=O) groups is 1. The Morgan fingerprint density at radius 1 is 1.33 bits per heavy atom. The van der Waals surface area contributed by atoms with Crippen molar-refractivity contribution in [1.29, 1.82) is 0 Å². The summed E-state index contributed by atoms with van der Waals surface area (Å²) in [5.74, 6) is -0.0608. The van der Waals surface area contributed by atoms with Crippen LogP contribution in [0.5, 0.6) is 0 Å². The van der Waals surface area contributed by atoms with Crippen molar-refractivity contribution in [2.24, 2.45) is 0 Å². The molecule has 0 spiro atoms. The van der Waals surface area contributed by atoms with Gasteiger partial charge in [-0.3, -0.25) is 4.79 Å². The van der Waals surface area contributed by atoms with Crippen LogP contribution in [0.2, 0.25) is 0 Å². The Morgan fingerprint density at radius 3 is 2.86 bits per heavy atom. The van der Waals surface area contributed by atoms with Crippen LogP contribution in [0, 0.1) is 0 Å². The Hall–Kier alpha value is -1.88. The van der Waals surface area contributed by atoms with Gasteiger partial charge in [0.1, 0.15) is 5.65 Å². The molecule has 2 heterocycles.